The van der Waals surface area contributed by atoms with Gasteiger partial charge in [0.25, 0.3) is 0 Å². The molecular weight excluding hydrogens is 550 g/mol. The lowest BCUT2D eigenvalue weighted by molar-refractivity contribution is 0.659. The summed E-state index contributed by atoms with van der Waals surface area (Å²) in [5.41, 5.74) is 11.4. The van der Waals surface area contributed by atoms with Crippen LogP contribution in [0.2, 0.25) is 0 Å². The highest BCUT2D eigenvalue weighted by Crippen LogP contribution is 2.50. The third-order valence-electron chi connectivity index (χ3n) is 9.80. The zero-order valence-electron chi connectivity index (χ0n) is 24.9. The van der Waals surface area contributed by atoms with Crippen molar-refractivity contribution in [3.63, 3.8) is 0 Å². The Morgan fingerprint density at radius 1 is 0.578 bits per heavy atom. The van der Waals surface area contributed by atoms with Crippen LogP contribution in [-0.4, -0.2) is 14.5 Å². The largest absolute Gasteiger partial charge is 0.452 e. The number of rotatable bonds is 2. The fourth-order valence-electron chi connectivity index (χ4n) is 7.60. The molecule has 0 saturated heterocycles. The molecule has 9 aromatic rings. The van der Waals surface area contributed by atoms with Crippen molar-refractivity contribution in [1.82, 2.24) is 14.5 Å². The van der Waals surface area contributed by atoms with Crippen molar-refractivity contribution in [2.24, 2.45) is 0 Å². The molecule has 0 unspecified atom stereocenters. The second kappa shape index (κ2) is 8.67. The van der Waals surface area contributed by atoms with Crippen molar-refractivity contribution >= 4 is 54.6 Å². The monoisotopic (exact) mass is 577 g/mol. The molecule has 1 aliphatic rings. The van der Waals surface area contributed by atoms with E-state index in [4.69, 9.17) is 14.4 Å². The van der Waals surface area contributed by atoms with Crippen LogP contribution in [0.4, 0.5) is 0 Å². The van der Waals surface area contributed by atoms with E-state index in [-0.39, 0.29) is 5.41 Å². The van der Waals surface area contributed by atoms with E-state index in [1.807, 2.05) is 18.2 Å². The summed E-state index contributed by atoms with van der Waals surface area (Å²) in [4.78, 5) is 10.6. The smallest absolute Gasteiger partial charge is 0.236 e. The maximum atomic E-state index is 6.54. The molecule has 0 saturated carbocycles. The summed E-state index contributed by atoms with van der Waals surface area (Å²) in [7, 11) is 0. The molecule has 0 amide bonds. The average molecular weight is 578 g/mol. The molecule has 0 aliphatic heterocycles. The standard InChI is InChI=1S/C41H27N3O/c1-41(2)32-16-8-5-13-27(32)28-20-19-26(22-33(28)41)37-39-38(30-15-7-10-18-36(30)45-39)43-40(42-37)44-34-17-9-6-14-29(34)31-21-24-11-3-4-12-25(24)23-35(31)44/h3-23H,1-2H3. The van der Waals surface area contributed by atoms with Gasteiger partial charge in [-0.25, -0.2) is 9.97 Å². The molecule has 0 radical (unpaired) electrons. The molecule has 1 aliphatic carbocycles. The number of aromatic nitrogens is 3. The van der Waals surface area contributed by atoms with Crippen molar-refractivity contribution in [1.29, 1.82) is 0 Å². The number of para-hydroxylation sites is 2. The van der Waals surface area contributed by atoms with E-state index in [1.54, 1.807) is 0 Å². The SMILES string of the molecule is CC1(C)c2ccccc2-c2ccc(-c3nc(-n4c5ccccc5c5cc6ccccc6cc54)nc4c3oc3ccccc34)cc21. The molecular formula is C41H27N3O. The number of nitrogens with zero attached hydrogens (tertiary/aromatic N) is 3. The van der Waals surface area contributed by atoms with Crippen molar-refractivity contribution in [2.45, 2.75) is 19.3 Å². The van der Waals surface area contributed by atoms with Crippen LogP contribution in [0.5, 0.6) is 0 Å². The maximum Gasteiger partial charge on any atom is 0.236 e. The summed E-state index contributed by atoms with van der Waals surface area (Å²) in [5.74, 6) is 0.633. The van der Waals surface area contributed by atoms with Crippen molar-refractivity contribution < 1.29 is 4.42 Å². The van der Waals surface area contributed by atoms with Crippen molar-refractivity contribution in [3.8, 4) is 28.3 Å². The first kappa shape index (κ1) is 24.7. The number of fused-ring (bicyclic) bond motifs is 10. The molecule has 6 aromatic carbocycles. The van der Waals surface area contributed by atoms with Gasteiger partial charge in [-0.3, -0.25) is 4.57 Å². The molecule has 212 valence electrons. The van der Waals surface area contributed by atoms with Gasteiger partial charge in [0.2, 0.25) is 5.95 Å². The molecule has 45 heavy (non-hydrogen) atoms. The molecule has 0 bridgehead atoms. The van der Waals surface area contributed by atoms with E-state index < -0.39 is 0 Å². The highest BCUT2D eigenvalue weighted by Gasteiger charge is 2.35. The first-order valence-corrected chi connectivity index (χ1v) is 15.4. The average Bonchev–Trinajstić information content (AvgIpc) is 3.69. The Labute approximate surface area is 259 Å². The van der Waals surface area contributed by atoms with Crippen LogP contribution in [0.25, 0.3) is 83.0 Å². The zero-order chi connectivity index (χ0) is 29.9. The zero-order valence-corrected chi connectivity index (χ0v) is 24.9. The molecule has 10 rings (SSSR count). The molecule has 4 nitrogen and oxygen atoms in total. The third kappa shape index (κ3) is 3.31. The van der Waals surface area contributed by atoms with Crippen LogP contribution in [0.1, 0.15) is 25.0 Å². The number of benzene rings is 6. The number of hydrogen-bond acceptors (Lipinski definition) is 3. The van der Waals surface area contributed by atoms with Gasteiger partial charge in [-0.05, 0) is 69.4 Å². The van der Waals surface area contributed by atoms with Gasteiger partial charge < -0.3 is 4.42 Å². The number of hydrogen-bond donors (Lipinski definition) is 0. The summed E-state index contributed by atoms with van der Waals surface area (Å²) in [6.07, 6.45) is 0. The Balaban J connectivity index is 1.30. The van der Waals surface area contributed by atoms with Crippen LogP contribution in [0.15, 0.2) is 132 Å². The molecule has 3 heterocycles. The lowest BCUT2D eigenvalue weighted by atomic mass is 9.82. The van der Waals surface area contributed by atoms with E-state index in [0.717, 1.165) is 38.8 Å². The third-order valence-corrected chi connectivity index (χ3v) is 9.80. The van der Waals surface area contributed by atoms with Crippen LogP contribution < -0.4 is 0 Å². The molecule has 0 spiro atoms. The minimum Gasteiger partial charge on any atom is -0.452 e. The van der Waals surface area contributed by atoms with Gasteiger partial charge in [0.15, 0.2) is 5.58 Å². The minimum absolute atomic E-state index is 0.126. The normalized spacial score (nSPS) is 13.7. The predicted octanol–water partition coefficient (Wildman–Crippen LogP) is 10.6. The molecule has 4 heteroatoms. The summed E-state index contributed by atoms with van der Waals surface area (Å²) in [6, 6.07) is 45.3. The Morgan fingerprint density at radius 2 is 1.29 bits per heavy atom. The lowest BCUT2D eigenvalue weighted by Gasteiger charge is -2.22. The maximum absolute atomic E-state index is 6.54. The molecule has 0 atom stereocenters. The summed E-state index contributed by atoms with van der Waals surface area (Å²) >= 11 is 0. The fourth-order valence-corrected chi connectivity index (χ4v) is 7.60. The van der Waals surface area contributed by atoms with Crippen molar-refractivity contribution in [2.75, 3.05) is 0 Å². The quantitative estimate of drug-likeness (QED) is 0.205. The summed E-state index contributed by atoms with van der Waals surface area (Å²) in [6.45, 7) is 4.62. The predicted molar refractivity (Wildman–Crippen MR) is 184 cm³/mol. The van der Waals surface area contributed by atoms with Gasteiger partial charge >= 0.3 is 0 Å². The molecule has 3 aromatic heterocycles. The summed E-state index contributed by atoms with van der Waals surface area (Å²) < 4.78 is 8.76. The van der Waals surface area contributed by atoms with Gasteiger partial charge in [0.05, 0.1) is 11.0 Å². The second-order valence-electron chi connectivity index (χ2n) is 12.6. The van der Waals surface area contributed by atoms with Crippen LogP contribution in [-0.2, 0) is 5.41 Å². The van der Waals surface area contributed by atoms with Gasteiger partial charge in [-0.15, -0.1) is 0 Å². The van der Waals surface area contributed by atoms with Crippen LogP contribution in [0, 0.1) is 0 Å². The highest BCUT2D eigenvalue weighted by molar-refractivity contribution is 6.14. The fraction of sp³-hybridized carbons (Fsp3) is 0.0732. The second-order valence-corrected chi connectivity index (χ2v) is 12.6. The Hall–Kier alpha value is -5.74. The molecule has 0 fully saturated rings. The first-order valence-electron chi connectivity index (χ1n) is 15.4. The molecule has 0 N–H and O–H groups in total. The lowest BCUT2D eigenvalue weighted by Crippen LogP contribution is -2.15. The van der Waals surface area contributed by atoms with E-state index in [9.17, 15) is 0 Å². The Morgan fingerprint density at radius 3 is 2.18 bits per heavy atom. The van der Waals surface area contributed by atoms with Gasteiger partial charge in [-0.2, -0.15) is 0 Å². The topological polar surface area (TPSA) is 43.9 Å². The Bertz CT molecular complexity index is 2690. The minimum atomic E-state index is -0.126. The first-order chi connectivity index (χ1) is 22.1. The van der Waals surface area contributed by atoms with Crippen LogP contribution >= 0.6 is 0 Å². The summed E-state index contributed by atoms with van der Waals surface area (Å²) in [5, 5.41) is 5.75. The van der Waals surface area contributed by atoms with E-state index >= 15 is 0 Å². The van der Waals surface area contributed by atoms with E-state index in [2.05, 4.69) is 128 Å². The van der Waals surface area contributed by atoms with Crippen LogP contribution in [0.3, 0.4) is 0 Å². The highest BCUT2D eigenvalue weighted by atomic mass is 16.3. The van der Waals surface area contributed by atoms with E-state index in [1.165, 1.54) is 43.8 Å². The van der Waals surface area contributed by atoms with Gasteiger partial charge in [0, 0.05) is 27.1 Å². The van der Waals surface area contributed by atoms with E-state index in [0.29, 0.717) is 11.5 Å². The number of furan rings is 1. The Kier molecular flexibility index (Phi) is 4.76. The van der Waals surface area contributed by atoms with Gasteiger partial charge in [0.1, 0.15) is 16.8 Å². The van der Waals surface area contributed by atoms with Gasteiger partial charge in [-0.1, -0.05) is 105 Å². The van der Waals surface area contributed by atoms with Crippen molar-refractivity contribution in [3.05, 3.63) is 139 Å².